The third-order valence-corrected chi connectivity index (χ3v) is 6.57. The van der Waals surface area contributed by atoms with Gasteiger partial charge >= 0.3 is 0 Å². The summed E-state index contributed by atoms with van der Waals surface area (Å²) in [6, 6.07) is 3.37. The van der Waals surface area contributed by atoms with E-state index in [0.717, 1.165) is 16.0 Å². The number of aryl methyl sites for hydroxylation is 1. The lowest BCUT2D eigenvalue weighted by atomic mass is 10.0. The summed E-state index contributed by atoms with van der Waals surface area (Å²) < 4.78 is 30.0. The number of carbonyl (C=O) groups is 3. The number of nitrogens with zero attached hydrogens (tertiary/aromatic N) is 5. The van der Waals surface area contributed by atoms with Crippen molar-refractivity contribution in [3.63, 3.8) is 0 Å². The van der Waals surface area contributed by atoms with Crippen LogP contribution in [-0.2, 0) is 16.1 Å². The molecule has 38 heavy (non-hydrogen) atoms. The standard InChI is InChI=1S/C27H30F2N6O3/c1-14(2)25(29)15(3)32-27(38)23-9-20(28)12-34(23)24(37)13-35-22-7-6-18(19-10-30-17(5)31-11-19)8-21(22)26(33-35)16(4)36/h6-8,10-11,15,20,23H,9,12-13H2,1-5H3,(H,32,38)/t15?,20-,23+/m1/s1. The predicted octanol–water partition coefficient (Wildman–Crippen LogP) is 3.71. The maximum Gasteiger partial charge on any atom is 0.245 e. The molecule has 1 aliphatic rings. The summed E-state index contributed by atoms with van der Waals surface area (Å²) in [6.45, 7) is 7.27. The fraction of sp³-hybridized carbons (Fsp3) is 0.407. The molecule has 2 aromatic heterocycles. The van der Waals surface area contributed by atoms with E-state index in [1.165, 1.54) is 18.5 Å². The van der Waals surface area contributed by atoms with E-state index in [1.54, 1.807) is 45.3 Å². The number of fused-ring (bicyclic) bond motifs is 1. The Balaban J connectivity index is 1.60. The van der Waals surface area contributed by atoms with Crippen LogP contribution in [0.15, 0.2) is 42.0 Å². The van der Waals surface area contributed by atoms with Crippen molar-refractivity contribution in [2.45, 2.75) is 65.8 Å². The highest BCUT2D eigenvalue weighted by molar-refractivity contribution is 6.06. The van der Waals surface area contributed by atoms with E-state index >= 15 is 0 Å². The Kier molecular flexibility index (Phi) is 7.66. The summed E-state index contributed by atoms with van der Waals surface area (Å²) in [5.74, 6) is -1.29. The largest absolute Gasteiger partial charge is 0.345 e. The number of halogens is 2. The molecule has 0 aliphatic carbocycles. The molecular formula is C27H30F2N6O3. The molecule has 0 saturated carbocycles. The van der Waals surface area contributed by atoms with Crippen molar-refractivity contribution < 1.29 is 23.2 Å². The summed E-state index contributed by atoms with van der Waals surface area (Å²) in [5.41, 5.74) is 2.68. The minimum absolute atomic E-state index is 0.179. The topological polar surface area (TPSA) is 110 Å². The maximum atomic E-state index is 14.4. The van der Waals surface area contributed by atoms with E-state index in [9.17, 15) is 23.2 Å². The number of alkyl halides is 1. The number of aromatic nitrogens is 4. The van der Waals surface area contributed by atoms with Gasteiger partial charge in [-0.1, -0.05) is 6.07 Å². The molecular weight excluding hydrogens is 494 g/mol. The van der Waals surface area contributed by atoms with Crippen molar-refractivity contribution in [3.05, 3.63) is 53.5 Å². The molecule has 11 heteroatoms. The molecule has 1 fully saturated rings. The molecule has 3 aromatic rings. The quantitative estimate of drug-likeness (QED) is 0.472. The first-order valence-corrected chi connectivity index (χ1v) is 12.3. The summed E-state index contributed by atoms with van der Waals surface area (Å²) in [7, 11) is 0. The van der Waals surface area contributed by atoms with Crippen LogP contribution < -0.4 is 5.32 Å². The number of Topliss-reactive ketones (excluding diaryl/α,β-unsaturated/α-hetero) is 1. The Morgan fingerprint density at radius 1 is 1.13 bits per heavy atom. The monoisotopic (exact) mass is 524 g/mol. The zero-order valence-electron chi connectivity index (χ0n) is 22.0. The lowest BCUT2D eigenvalue weighted by Crippen LogP contribution is -2.49. The van der Waals surface area contributed by atoms with Gasteiger partial charge < -0.3 is 10.2 Å². The number of amides is 2. The molecule has 0 spiro atoms. The van der Waals surface area contributed by atoms with Crippen LogP contribution in [0.5, 0.6) is 0 Å². The molecule has 9 nitrogen and oxygen atoms in total. The fourth-order valence-electron chi connectivity index (χ4n) is 4.61. The number of ketones is 1. The van der Waals surface area contributed by atoms with Crippen LogP contribution in [-0.4, -0.2) is 67.0 Å². The first kappa shape index (κ1) is 27.0. The maximum absolute atomic E-state index is 14.4. The van der Waals surface area contributed by atoms with Gasteiger partial charge in [0.05, 0.1) is 18.1 Å². The molecule has 4 rings (SSSR count). The van der Waals surface area contributed by atoms with Crippen LogP contribution in [0, 0.1) is 6.92 Å². The molecule has 1 aromatic carbocycles. The Morgan fingerprint density at radius 2 is 1.82 bits per heavy atom. The van der Waals surface area contributed by atoms with Gasteiger partial charge in [-0.15, -0.1) is 0 Å². The molecule has 1 unspecified atom stereocenters. The number of benzene rings is 1. The molecule has 1 N–H and O–H groups in total. The van der Waals surface area contributed by atoms with Gasteiger partial charge in [0.15, 0.2) is 5.78 Å². The van der Waals surface area contributed by atoms with Gasteiger partial charge in [-0.3, -0.25) is 19.1 Å². The average Bonchev–Trinajstić information content (AvgIpc) is 3.44. The summed E-state index contributed by atoms with van der Waals surface area (Å²) in [4.78, 5) is 48.1. The van der Waals surface area contributed by atoms with Crippen molar-refractivity contribution >= 4 is 28.5 Å². The van der Waals surface area contributed by atoms with Gasteiger partial charge in [0.25, 0.3) is 0 Å². The smallest absolute Gasteiger partial charge is 0.245 e. The van der Waals surface area contributed by atoms with Crippen molar-refractivity contribution in [2.75, 3.05) is 6.54 Å². The fourth-order valence-corrected chi connectivity index (χ4v) is 4.61. The van der Waals surface area contributed by atoms with Crippen molar-refractivity contribution in [1.82, 2.24) is 30.0 Å². The SMILES string of the molecule is CC(=O)c1nn(CC(=O)N2C[C@H](F)C[C@H]2C(=O)NC(C)C(F)=C(C)C)c2ccc(-c3cnc(C)nc3)cc12. The average molecular weight is 525 g/mol. The zero-order chi connectivity index (χ0) is 27.7. The summed E-state index contributed by atoms with van der Waals surface area (Å²) in [5, 5.41) is 7.45. The molecule has 200 valence electrons. The first-order valence-electron chi connectivity index (χ1n) is 12.3. The van der Waals surface area contributed by atoms with E-state index in [-0.39, 0.29) is 31.0 Å². The normalized spacial score (nSPS) is 17.9. The van der Waals surface area contributed by atoms with Crippen LogP contribution >= 0.6 is 0 Å². The molecule has 2 amide bonds. The Morgan fingerprint density at radius 3 is 2.45 bits per heavy atom. The van der Waals surface area contributed by atoms with Crippen LogP contribution in [0.4, 0.5) is 8.78 Å². The van der Waals surface area contributed by atoms with Gasteiger partial charge in [-0.05, 0) is 51.0 Å². The van der Waals surface area contributed by atoms with Gasteiger partial charge in [-0.25, -0.2) is 18.7 Å². The molecule has 1 saturated heterocycles. The van der Waals surface area contributed by atoms with Crippen molar-refractivity contribution in [1.29, 1.82) is 0 Å². The molecule has 1 aliphatic heterocycles. The van der Waals surface area contributed by atoms with E-state index in [4.69, 9.17) is 0 Å². The molecule has 3 atom stereocenters. The lowest BCUT2D eigenvalue weighted by Gasteiger charge is -2.25. The first-order chi connectivity index (χ1) is 18.0. The number of allylic oxidation sites excluding steroid dienone is 1. The highest BCUT2D eigenvalue weighted by Crippen LogP contribution is 2.28. The van der Waals surface area contributed by atoms with Crippen LogP contribution in [0.3, 0.4) is 0 Å². The molecule has 3 heterocycles. The highest BCUT2D eigenvalue weighted by atomic mass is 19.1. The minimum Gasteiger partial charge on any atom is -0.345 e. The van der Waals surface area contributed by atoms with E-state index in [1.807, 2.05) is 6.07 Å². The molecule has 0 radical (unpaired) electrons. The second-order valence-electron chi connectivity index (χ2n) is 9.79. The summed E-state index contributed by atoms with van der Waals surface area (Å²) in [6.07, 6.45) is 1.79. The van der Waals surface area contributed by atoms with Crippen LogP contribution in [0.25, 0.3) is 22.0 Å². The minimum atomic E-state index is -1.39. The number of nitrogens with one attached hydrogen (secondary N) is 1. The van der Waals surface area contributed by atoms with Gasteiger partial charge in [-0.2, -0.15) is 5.10 Å². The second-order valence-corrected chi connectivity index (χ2v) is 9.79. The predicted molar refractivity (Wildman–Crippen MR) is 138 cm³/mol. The number of hydrogen-bond acceptors (Lipinski definition) is 6. The zero-order valence-corrected chi connectivity index (χ0v) is 22.0. The summed E-state index contributed by atoms with van der Waals surface area (Å²) >= 11 is 0. The highest BCUT2D eigenvalue weighted by Gasteiger charge is 2.40. The Labute approximate surface area is 218 Å². The van der Waals surface area contributed by atoms with Gasteiger partial charge in [0, 0.05) is 36.7 Å². The van der Waals surface area contributed by atoms with Crippen molar-refractivity contribution in [2.24, 2.45) is 0 Å². The van der Waals surface area contributed by atoms with Gasteiger partial charge in [0.2, 0.25) is 11.8 Å². The molecule has 0 bridgehead atoms. The van der Waals surface area contributed by atoms with Crippen LogP contribution in [0.2, 0.25) is 0 Å². The van der Waals surface area contributed by atoms with Gasteiger partial charge in [0.1, 0.15) is 36.1 Å². The Bertz CT molecular complexity index is 1430. The second kappa shape index (κ2) is 10.8. The lowest BCUT2D eigenvalue weighted by molar-refractivity contribution is -0.139. The third-order valence-electron chi connectivity index (χ3n) is 6.57. The number of rotatable bonds is 7. The third kappa shape index (κ3) is 5.46. The number of carbonyl (C=O) groups excluding carboxylic acids is 3. The number of hydrogen-bond donors (Lipinski definition) is 1. The van der Waals surface area contributed by atoms with Crippen LogP contribution in [0.1, 0.15) is 50.4 Å². The number of likely N-dealkylation sites (tertiary alicyclic amines) is 1. The van der Waals surface area contributed by atoms with E-state index in [0.29, 0.717) is 22.3 Å². The van der Waals surface area contributed by atoms with E-state index < -0.39 is 35.9 Å². The van der Waals surface area contributed by atoms with Crippen molar-refractivity contribution in [3.8, 4) is 11.1 Å². The van der Waals surface area contributed by atoms with E-state index in [2.05, 4.69) is 20.4 Å². The Hall–Kier alpha value is -4.02.